The van der Waals surface area contributed by atoms with Gasteiger partial charge in [0.1, 0.15) is 23.3 Å². The van der Waals surface area contributed by atoms with Crippen molar-refractivity contribution in [1.29, 1.82) is 5.41 Å². The number of nitrogens with one attached hydrogen (secondary N) is 3. The minimum atomic E-state index is -5.03. The second kappa shape index (κ2) is 12.6. The Kier molecular flexibility index (Phi) is 9.16. The smallest absolute Gasteiger partial charge is 0.418 e. The lowest BCUT2D eigenvalue weighted by molar-refractivity contribution is -0.218. The van der Waals surface area contributed by atoms with Crippen molar-refractivity contribution < 1.29 is 46.3 Å². The molecule has 3 unspecified atom stereocenters. The van der Waals surface area contributed by atoms with Gasteiger partial charge in [-0.25, -0.2) is 9.78 Å². The zero-order valence-electron chi connectivity index (χ0n) is 26.2. The Balaban J connectivity index is 1.34. The Labute approximate surface area is 279 Å². The molecule has 0 bridgehead atoms. The number of aliphatic carboxylic acids is 1. The molecule has 48 heavy (non-hydrogen) atoms. The number of oxime groups is 1. The van der Waals surface area contributed by atoms with Crippen LogP contribution in [0.2, 0.25) is 0 Å². The van der Waals surface area contributed by atoms with Crippen molar-refractivity contribution in [3.05, 3.63) is 40.4 Å². The number of ether oxygens (including phenoxy) is 1. The predicted molar refractivity (Wildman–Crippen MR) is 170 cm³/mol. The number of nitrogens with zero attached hydrogens (tertiary/aromatic N) is 3. The molecule has 1 saturated heterocycles. The molecule has 20 heteroatoms. The van der Waals surface area contributed by atoms with Gasteiger partial charge in [-0.2, -0.15) is 13.5 Å². The summed E-state index contributed by atoms with van der Waals surface area (Å²) in [4.78, 5) is 48.3. The van der Waals surface area contributed by atoms with E-state index >= 15 is 0 Å². The topological polar surface area (TPSA) is 282 Å². The first-order valence-corrected chi connectivity index (χ1v) is 17.0. The predicted octanol–water partition coefficient (Wildman–Crippen LogP) is 0.319. The van der Waals surface area contributed by atoms with Gasteiger partial charge >= 0.3 is 16.4 Å². The highest BCUT2D eigenvalue weighted by molar-refractivity contribution is 7.80. The van der Waals surface area contributed by atoms with Crippen LogP contribution in [0.25, 0.3) is 0 Å². The molecule has 2 amide bonds. The van der Waals surface area contributed by atoms with Gasteiger partial charge < -0.3 is 36.8 Å². The summed E-state index contributed by atoms with van der Waals surface area (Å²) in [7, 11) is -5.03. The summed E-state index contributed by atoms with van der Waals surface area (Å²) < 4.78 is 41.7. The Morgan fingerprint density at radius 2 is 2.04 bits per heavy atom. The van der Waals surface area contributed by atoms with Crippen molar-refractivity contribution in [2.75, 3.05) is 12.3 Å². The van der Waals surface area contributed by atoms with Crippen LogP contribution in [0, 0.1) is 5.41 Å². The Morgan fingerprint density at radius 3 is 2.60 bits per heavy atom. The first-order valence-electron chi connectivity index (χ1n) is 14.8. The number of aromatic nitrogens is 1. The molecule has 2 aromatic rings. The van der Waals surface area contributed by atoms with Crippen LogP contribution in [-0.2, 0) is 40.3 Å². The molecule has 260 valence electrons. The number of hydroxylamine groups is 2. The minimum absolute atomic E-state index is 0.0563. The monoisotopic (exact) mass is 708 g/mol. The first kappa shape index (κ1) is 35.0. The number of amides is 2. The third-order valence-electron chi connectivity index (χ3n) is 8.63. The van der Waals surface area contributed by atoms with Gasteiger partial charge in [0, 0.05) is 16.5 Å². The van der Waals surface area contributed by atoms with Gasteiger partial charge in [0.05, 0.1) is 5.54 Å². The maximum atomic E-state index is 13.4. The summed E-state index contributed by atoms with van der Waals surface area (Å²) in [6.07, 6.45) is 2.16. The summed E-state index contributed by atoms with van der Waals surface area (Å²) in [5, 5.41) is 30.2. The van der Waals surface area contributed by atoms with Gasteiger partial charge in [0.2, 0.25) is 0 Å². The van der Waals surface area contributed by atoms with Crippen molar-refractivity contribution in [3.63, 3.8) is 0 Å². The van der Waals surface area contributed by atoms with Crippen molar-refractivity contribution in [1.82, 2.24) is 20.7 Å². The van der Waals surface area contributed by atoms with Crippen LogP contribution in [-0.4, -0.2) is 92.8 Å². The number of carboxylic acid groups (broad SMARTS) is 1. The van der Waals surface area contributed by atoms with Crippen LogP contribution in [0.4, 0.5) is 5.13 Å². The molecule has 1 saturated carbocycles. The number of hydrogen-bond acceptors (Lipinski definition) is 14. The van der Waals surface area contributed by atoms with E-state index in [1.807, 2.05) is 6.07 Å². The second-order valence-electron chi connectivity index (χ2n) is 12.5. The number of nitrogens with two attached hydrogens (primary N) is 2. The quantitative estimate of drug-likeness (QED) is 0.0485. The van der Waals surface area contributed by atoms with Crippen molar-refractivity contribution in [3.8, 4) is 5.75 Å². The molecule has 2 fully saturated rings. The maximum Gasteiger partial charge on any atom is 0.418 e. The van der Waals surface area contributed by atoms with Gasteiger partial charge in [-0.05, 0) is 83.2 Å². The van der Waals surface area contributed by atoms with E-state index in [0.29, 0.717) is 29.3 Å². The lowest BCUT2D eigenvalue weighted by atomic mass is 9.84. The van der Waals surface area contributed by atoms with E-state index in [0.717, 1.165) is 36.2 Å². The molecule has 9 N–H and O–H groups in total. The van der Waals surface area contributed by atoms with E-state index < -0.39 is 57.2 Å². The zero-order chi connectivity index (χ0) is 35.2. The SMILES string of the molecule is CC(ON=C(C(=O)NC1C(=O)N(OS(=O)(=O)O)C1(C)C)c1csc(N)n1)(C(=O)O)C1CCc2cc(C(=N)NC3(CCN)CC3)ccc2O1. The molecule has 3 atom stereocenters. The number of carbonyl (C=O) groups excluding carboxylic acids is 2. The number of fused-ring (bicyclic) bond motifs is 1. The summed E-state index contributed by atoms with van der Waals surface area (Å²) in [5.41, 5.74) is 8.58. The van der Waals surface area contributed by atoms with Gasteiger partial charge in [0.15, 0.2) is 16.9 Å². The number of nitrogen functional groups attached to an aromatic ring is 1. The molecule has 1 aromatic heterocycles. The zero-order valence-corrected chi connectivity index (χ0v) is 27.8. The summed E-state index contributed by atoms with van der Waals surface area (Å²) >= 11 is 0.962. The van der Waals surface area contributed by atoms with E-state index in [2.05, 4.69) is 25.1 Å². The molecule has 3 aliphatic rings. The Hall–Kier alpha value is -4.37. The fraction of sp³-hybridized carbons (Fsp3) is 0.500. The van der Waals surface area contributed by atoms with E-state index in [1.165, 1.54) is 26.2 Å². The lowest BCUT2D eigenvalue weighted by Crippen LogP contribution is -2.76. The van der Waals surface area contributed by atoms with Gasteiger partial charge in [-0.3, -0.25) is 19.6 Å². The number of aryl methyl sites for hydroxylation is 1. The number of thiazole rings is 1. The second-order valence-corrected chi connectivity index (χ2v) is 14.4. The van der Waals surface area contributed by atoms with Crippen LogP contribution in [0.15, 0.2) is 28.7 Å². The van der Waals surface area contributed by atoms with Crippen LogP contribution in [0.3, 0.4) is 0 Å². The number of carbonyl (C=O) groups is 3. The van der Waals surface area contributed by atoms with Crippen LogP contribution >= 0.6 is 11.3 Å². The molecular formula is C28H36N8O10S2. The van der Waals surface area contributed by atoms with Gasteiger partial charge in [-0.15, -0.1) is 15.6 Å². The average Bonchev–Trinajstić information content (AvgIpc) is 3.64. The van der Waals surface area contributed by atoms with Gasteiger partial charge in [-0.1, -0.05) is 5.16 Å². The maximum absolute atomic E-state index is 13.4. The van der Waals surface area contributed by atoms with Crippen LogP contribution in [0.1, 0.15) is 63.3 Å². The number of rotatable bonds is 13. The Morgan fingerprint density at radius 1 is 1.33 bits per heavy atom. The third kappa shape index (κ3) is 6.92. The molecule has 1 aromatic carbocycles. The van der Waals surface area contributed by atoms with Crippen molar-refractivity contribution in [2.45, 2.75) is 81.7 Å². The number of anilines is 1. The third-order valence-corrected chi connectivity index (χ3v) is 9.64. The van der Waals surface area contributed by atoms with E-state index in [4.69, 9.17) is 31.0 Å². The van der Waals surface area contributed by atoms with E-state index in [9.17, 15) is 27.9 Å². The van der Waals surface area contributed by atoms with E-state index in [1.54, 1.807) is 12.1 Å². The summed E-state index contributed by atoms with van der Waals surface area (Å²) in [5.74, 6) is -2.80. The summed E-state index contributed by atoms with van der Waals surface area (Å²) in [6, 6.07) is 3.84. The van der Waals surface area contributed by atoms with Crippen molar-refractivity contribution >= 4 is 56.2 Å². The summed E-state index contributed by atoms with van der Waals surface area (Å²) in [6.45, 7) is 4.49. The number of hydrogen-bond donors (Lipinski definition) is 7. The molecule has 3 heterocycles. The molecule has 5 rings (SSSR count). The number of carboxylic acids is 1. The molecule has 0 spiro atoms. The Bertz CT molecular complexity index is 1790. The van der Waals surface area contributed by atoms with Gasteiger partial charge in [0.25, 0.3) is 17.4 Å². The standard InChI is InChI=1S/C28H36N8O10S2/c1-26(2)20(23(38)36(26)46-48(41,42)43)33-22(37)19(16-13-47-25(31)32-16)35-45-27(3,24(39)40)18-7-5-14-12-15(4-6-17(14)44-18)21(30)34-28(8-9-28)10-11-29/h4,6,12-13,18,20H,5,7-11,29H2,1-3H3,(H2,30,34)(H2,31,32)(H,33,37)(H,39,40)(H,41,42,43). The highest BCUT2D eigenvalue weighted by Crippen LogP contribution is 2.39. The number of benzene rings is 1. The molecule has 0 radical (unpaired) electrons. The molecule has 1 aliphatic carbocycles. The number of β-lactam (4-membered cyclic amide) rings is 1. The van der Waals surface area contributed by atoms with Crippen molar-refractivity contribution in [2.24, 2.45) is 10.9 Å². The van der Waals surface area contributed by atoms with Crippen LogP contribution < -0.4 is 26.8 Å². The number of amidine groups is 1. The highest BCUT2D eigenvalue weighted by atomic mass is 32.3. The molecule has 18 nitrogen and oxygen atoms in total. The van der Waals surface area contributed by atoms with E-state index in [-0.39, 0.29) is 28.6 Å². The highest BCUT2D eigenvalue weighted by Gasteiger charge is 2.58. The fourth-order valence-electron chi connectivity index (χ4n) is 5.53. The fourth-order valence-corrected chi connectivity index (χ4v) is 6.53. The normalized spacial score (nSPS) is 22.3. The lowest BCUT2D eigenvalue weighted by Gasteiger charge is -2.50. The van der Waals surface area contributed by atoms with Crippen LogP contribution in [0.5, 0.6) is 5.75 Å². The largest absolute Gasteiger partial charge is 0.485 e. The minimum Gasteiger partial charge on any atom is -0.485 e. The molecular weight excluding hydrogens is 672 g/mol. The molecule has 2 aliphatic heterocycles. The first-order chi connectivity index (χ1) is 22.4. The average molecular weight is 709 g/mol.